The zero-order valence-corrected chi connectivity index (χ0v) is 16.2. The van der Waals surface area contributed by atoms with Crippen LogP contribution in [-0.4, -0.2) is 18.5 Å². The number of urea groups is 1. The minimum absolute atomic E-state index is 0.226. The Balaban J connectivity index is 1.75. The number of hydrogen-bond donors (Lipinski definition) is 3. The minimum atomic E-state index is -0.837. The van der Waals surface area contributed by atoms with Gasteiger partial charge in [-0.25, -0.2) is 4.79 Å². The molecule has 0 bridgehead atoms. The molecule has 0 aliphatic carbocycles. The Kier molecular flexibility index (Phi) is 7.14. The summed E-state index contributed by atoms with van der Waals surface area (Å²) in [5, 5.41) is 4.18. The van der Waals surface area contributed by atoms with Gasteiger partial charge < -0.3 is 11.1 Å². The van der Waals surface area contributed by atoms with Crippen molar-refractivity contribution in [2.45, 2.75) is 18.4 Å². The second kappa shape index (κ2) is 10.2. The highest BCUT2D eigenvalue weighted by Gasteiger charge is 2.25. The molecular weight excluding hydrogens is 362 g/mol. The Morgan fingerprint density at radius 3 is 1.66 bits per heavy atom. The van der Waals surface area contributed by atoms with Crippen LogP contribution in [0.1, 0.15) is 35.1 Å². The molecule has 0 fully saturated rings. The van der Waals surface area contributed by atoms with E-state index in [1.807, 2.05) is 72.0 Å². The molecule has 3 amide bonds. The average molecular weight is 388 g/mol. The van der Waals surface area contributed by atoms with Crippen molar-refractivity contribution in [2.75, 3.05) is 6.54 Å². The molecule has 5 heteroatoms. The van der Waals surface area contributed by atoms with Crippen molar-refractivity contribution in [1.82, 2.24) is 5.32 Å². The summed E-state index contributed by atoms with van der Waals surface area (Å²) in [4.78, 5) is 23.7. The summed E-state index contributed by atoms with van der Waals surface area (Å²) in [7, 11) is 0. The number of carbonyl (C=O) groups is 2. The van der Waals surface area contributed by atoms with Gasteiger partial charge in [-0.2, -0.15) is 0 Å². The first-order chi connectivity index (χ1) is 14.1. The fourth-order valence-corrected chi connectivity index (χ4v) is 3.58. The monoisotopic (exact) mass is 388 g/mol. The zero-order chi connectivity index (χ0) is 20.5. The van der Waals surface area contributed by atoms with Crippen LogP contribution in [0.4, 0.5) is 4.79 Å². The van der Waals surface area contributed by atoms with E-state index in [0.717, 1.165) is 12.0 Å². The molecule has 29 heavy (non-hydrogen) atoms. The molecule has 0 heterocycles. The first-order valence-electron chi connectivity index (χ1n) is 9.73. The summed E-state index contributed by atoms with van der Waals surface area (Å²) in [5.41, 5.74) is 8.47. The van der Waals surface area contributed by atoms with Crippen molar-refractivity contribution < 1.29 is 14.9 Å². The van der Waals surface area contributed by atoms with E-state index < -0.39 is 18.0 Å². The quantitative estimate of drug-likeness (QED) is 0.554. The molecule has 3 rings (SSSR count). The Morgan fingerprint density at radius 1 is 0.759 bits per heavy atom. The lowest BCUT2D eigenvalue weighted by Gasteiger charge is -2.20. The normalized spacial score (nSPS) is 11.8. The summed E-state index contributed by atoms with van der Waals surface area (Å²) in [6.45, 7) is 0.709. The van der Waals surface area contributed by atoms with Crippen LogP contribution in [0.2, 0.25) is 0 Å². The van der Waals surface area contributed by atoms with Crippen LogP contribution in [0.25, 0.3) is 0 Å². The van der Waals surface area contributed by atoms with Crippen molar-refractivity contribution >= 4 is 11.9 Å². The first kappa shape index (κ1) is 20.3. The number of benzene rings is 3. The second-order valence-electron chi connectivity index (χ2n) is 6.93. The lowest BCUT2D eigenvalue weighted by Crippen LogP contribution is -2.88. The molecule has 0 aromatic heterocycles. The predicted molar refractivity (Wildman–Crippen MR) is 113 cm³/mol. The Morgan fingerprint density at radius 2 is 1.21 bits per heavy atom. The van der Waals surface area contributed by atoms with Crippen LogP contribution in [0.3, 0.4) is 0 Å². The van der Waals surface area contributed by atoms with E-state index >= 15 is 0 Å². The molecule has 148 valence electrons. The van der Waals surface area contributed by atoms with Gasteiger partial charge in [0, 0.05) is 17.9 Å². The van der Waals surface area contributed by atoms with Crippen LogP contribution in [0.15, 0.2) is 91.0 Å². The summed E-state index contributed by atoms with van der Waals surface area (Å²) in [6.07, 6.45) is 0.848. The fourth-order valence-electron chi connectivity index (χ4n) is 3.58. The van der Waals surface area contributed by atoms with Gasteiger partial charge in [0.25, 0.3) is 5.91 Å². The van der Waals surface area contributed by atoms with E-state index in [1.165, 1.54) is 11.1 Å². The average Bonchev–Trinajstić information content (AvgIpc) is 2.75. The number of imide groups is 1. The van der Waals surface area contributed by atoms with Gasteiger partial charge in [0.05, 0.1) is 6.54 Å². The maximum Gasteiger partial charge on any atom is 0.319 e. The molecular formula is C24H26N3O2+. The molecule has 0 radical (unpaired) electrons. The van der Waals surface area contributed by atoms with E-state index in [-0.39, 0.29) is 5.92 Å². The molecule has 0 saturated carbocycles. The summed E-state index contributed by atoms with van der Waals surface area (Å²) in [5.74, 6) is -0.177. The lowest BCUT2D eigenvalue weighted by molar-refractivity contribution is -0.683. The van der Waals surface area contributed by atoms with Crippen LogP contribution in [-0.2, 0) is 4.79 Å². The molecule has 5 nitrogen and oxygen atoms in total. The van der Waals surface area contributed by atoms with Crippen molar-refractivity contribution in [3.8, 4) is 0 Å². The second-order valence-corrected chi connectivity index (χ2v) is 6.93. The highest BCUT2D eigenvalue weighted by molar-refractivity contribution is 5.96. The number of nitrogens with two attached hydrogens (primary N) is 2. The third kappa shape index (κ3) is 5.77. The smallest absolute Gasteiger partial charge is 0.319 e. The maximum absolute atomic E-state index is 12.5. The van der Waals surface area contributed by atoms with Crippen LogP contribution in [0, 0.1) is 0 Å². The summed E-state index contributed by atoms with van der Waals surface area (Å²) >= 11 is 0. The van der Waals surface area contributed by atoms with Gasteiger partial charge in [-0.3, -0.25) is 10.1 Å². The SMILES string of the molecule is NC(=O)NC(=O)[C@@H]([NH2+]CCC(c1ccccc1)c1ccccc1)c1ccccc1. The Bertz CT molecular complexity index is 875. The summed E-state index contributed by atoms with van der Waals surface area (Å²) in [6, 6.07) is 28.8. The molecule has 0 unspecified atom stereocenters. The number of primary amides is 1. The topological polar surface area (TPSA) is 88.8 Å². The van der Waals surface area contributed by atoms with Crippen molar-refractivity contribution in [1.29, 1.82) is 0 Å². The van der Waals surface area contributed by atoms with E-state index in [4.69, 9.17) is 5.73 Å². The number of hydrogen-bond acceptors (Lipinski definition) is 2. The highest BCUT2D eigenvalue weighted by Crippen LogP contribution is 2.27. The molecule has 3 aromatic rings. The van der Waals surface area contributed by atoms with Gasteiger partial charge in [0.15, 0.2) is 6.04 Å². The Hall–Kier alpha value is -3.44. The molecule has 0 aliphatic heterocycles. The van der Waals surface area contributed by atoms with Crippen LogP contribution >= 0.6 is 0 Å². The lowest BCUT2D eigenvalue weighted by atomic mass is 9.88. The van der Waals surface area contributed by atoms with Crippen LogP contribution < -0.4 is 16.4 Å². The van der Waals surface area contributed by atoms with Crippen LogP contribution in [0.5, 0.6) is 0 Å². The van der Waals surface area contributed by atoms with Gasteiger partial charge in [-0.15, -0.1) is 0 Å². The van der Waals surface area contributed by atoms with E-state index in [1.54, 1.807) is 0 Å². The van der Waals surface area contributed by atoms with Gasteiger partial charge in [-0.1, -0.05) is 91.0 Å². The first-order valence-corrected chi connectivity index (χ1v) is 9.73. The van der Waals surface area contributed by atoms with Crippen molar-refractivity contribution in [2.24, 2.45) is 5.73 Å². The molecule has 3 aromatic carbocycles. The molecule has 1 atom stereocenters. The van der Waals surface area contributed by atoms with Crippen molar-refractivity contribution in [3.63, 3.8) is 0 Å². The van der Waals surface area contributed by atoms with E-state index in [9.17, 15) is 9.59 Å². The fraction of sp³-hybridized carbons (Fsp3) is 0.167. The number of quaternary nitrogens is 1. The number of amides is 3. The van der Waals surface area contributed by atoms with Gasteiger partial charge in [0.2, 0.25) is 0 Å². The van der Waals surface area contributed by atoms with E-state index in [0.29, 0.717) is 6.54 Å². The zero-order valence-electron chi connectivity index (χ0n) is 16.2. The predicted octanol–water partition coefficient (Wildman–Crippen LogP) is 2.71. The third-order valence-corrected chi connectivity index (χ3v) is 4.95. The van der Waals surface area contributed by atoms with Gasteiger partial charge in [-0.05, 0) is 11.1 Å². The standard InChI is InChI=1S/C24H25N3O2/c25-24(29)27-23(28)22(20-14-8-3-9-15-20)26-17-16-21(18-10-4-1-5-11-18)19-12-6-2-7-13-19/h1-15,21-22,26H,16-17H2,(H3,25,27,28,29)/p+1/t22-/m0/s1. The molecule has 5 N–H and O–H groups in total. The number of carbonyl (C=O) groups excluding carboxylic acids is 2. The molecule has 0 aliphatic rings. The largest absolute Gasteiger partial charge is 0.351 e. The third-order valence-electron chi connectivity index (χ3n) is 4.95. The maximum atomic E-state index is 12.5. The Labute approximate surface area is 170 Å². The number of rotatable bonds is 8. The highest BCUT2D eigenvalue weighted by atomic mass is 16.2. The van der Waals surface area contributed by atoms with E-state index in [2.05, 4.69) is 29.6 Å². The molecule has 0 saturated heterocycles. The van der Waals surface area contributed by atoms with Gasteiger partial charge >= 0.3 is 6.03 Å². The number of nitrogens with one attached hydrogen (secondary N) is 1. The van der Waals surface area contributed by atoms with Gasteiger partial charge in [0.1, 0.15) is 0 Å². The van der Waals surface area contributed by atoms with Crippen molar-refractivity contribution in [3.05, 3.63) is 108 Å². The molecule has 0 spiro atoms. The summed E-state index contributed by atoms with van der Waals surface area (Å²) < 4.78 is 0. The minimum Gasteiger partial charge on any atom is -0.351 e.